The summed E-state index contributed by atoms with van der Waals surface area (Å²) in [4.78, 5) is 16.6. The average molecular weight is 239 g/mol. The van der Waals surface area contributed by atoms with Crippen LogP contribution in [0.3, 0.4) is 0 Å². The third-order valence-corrected chi connectivity index (χ3v) is 4.31. The molecule has 2 bridgehead atoms. The van der Waals surface area contributed by atoms with Gasteiger partial charge in [-0.2, -0.15) is 0 Å². The normalized spacial score (nSPS) is 31.4. The van der Waals surface area contributed by atoms with Gasteiger partial charge in [0.1, 0.15) is 0 Å². The molecule has 4 nitrogen and oxygen atoms in total. The fourth-order valence-electron chi connectivity index (χ4n) is 3.04. The summed E-state index contributed by atoms with van der Waals surface area (Å²) in [5.41, 5.74) is 5.70. The van der Waals surface area contributed by atoms with E-state index in [1.165, 1.54) is 12.8 Å². The third kappa shape index (κ3) is 2.99. The largest absolute Gasteiger partial charge is 0.341 e. The van der Waals surface area contributed by atoms with Gasteiger partial charge in [-0.05, 0) is 39.7 Å². The molecule has 4 heteroatoms. The lowest BCUT2D eigenvalue weighted by Gasteiger charge is -2.26. The van der Waals surface area contributed by atoms with Crippen LogP contribution >= 0.6 is 0 Å². The lowest BCUT2D eigenvalue weighted by atomic mass is 10.1. The van der Waals surface area contributed by atoms with Crippen LogP contribution in [0.15, 0.2) is 0 Å². The topological polar surface area (TPSA) is 49.6 Å². The second kappa shape index (κ2) is 5.36. The Hall–Kier alpha value is -0.610. The predicted octanol–water partition coefficient (Wildman–Crippen LogP) is 0.809. The zero-order valence-corrected chi connectivity index (χ0v) is 11.1. The number of fused-ring (bicyclic) bond motifs is 2. The molecule has 0 aromatic carbocycles. The van der Waals surface area contributed by atoms with Crippen LogP contribution in [-0.2, 0) is 4.79 Å². The van der Waals surface area contributed by atoms with Crippen molar-refractivity contribution < 1.29 is 4.79 Å². The molecule has 2 aliphatic heterocycles. The third-order valence-electron chi connectivity index (χ3n) is 4.31. The van der Waals surface area contributed by atoms with Gasteiger partial charge in [-0.15, -0.1) is 0 Å². The molecule has 17 heavy (non-hydrogen) atoms. The van der Waals surface area contributed by atoms with Gasteiger partial charge in [0.15, 0.2) is 0 Å². The summed E-state index contributed by atoms with van der Waals surface area (Å²) in [6.07, 6.45) is 5.11. The number of hydrogen-bond acceptors (Lipinski definition) is 3. The number of amides is 1. The molecule has 0 aromatic heterocycles. The Morgan fingerprint density at radius 2 is 2.06 bits per heavy atom. The van der Waals surface area contributed by atoms with Gasteiger partial charge < -0.3 is 10.6 Å². The van der Waals surface area contributed by atoms with Crippen LogP contribution in [0.2, 0.25) is 0 Å². The second-order valence-electron chi connectivity index (χ2n) is 5.69. The van der Waals surface area contributed by atoms with Crippen LogP contribution < -0.4 is 5.73 Å². The highest BCUT2D eigenvalue weighted by molar-refractivity contribution is 5.76. The Balaban J connectivity index is 1.88. The van der Waals surface area contributed by atoms with E-state index in [0.717, 1.165) is 25.9 Å². The maximum atomic E-state index is 12.1. The molecular formula is C13H25N3O. The van der Waals surface area contributed by atoms with Gasteiger partial charge in [-0.1, -0.05) is 0 Å². The van der Waals surface area contributed by atoms with Crippen LogP contribution in [0.25, 0.3) is 0 Å². The Morgan fingerprint density at radius 3 is 2.76 bits per heavy atom. The van der Waals surface area contributed by atoms with E-state index < -0.39 is 0 Å². The lowest BCUT2D eigenvalue weighted by molar-refractivity contribution is -0.131. The summed E-state index contributed by atoms with van der Waals surface area (Å²) in [7, 11) is 2.21. The Kier molecular flexibility index (Phi) is 4.05. The molecule has 3 atom stereocenters. The summed E-state index contributed by atoms with van der Waals surface area (Å²) < 4.78 is 0. The van der Waals surface area contributed by atoms with Gasteiger partial charge in [0.2, 0.25) is 5.91 Å². The maximum Gasteiger partial charge on any atom is 0.222 e. The molecule has 0 saturated carbocycles. The molecule has 0 radical (unpaired) electrons. The first kappa shape index (κ1) is 12.8. The number of nitrogens with two attached hydrogens (primary N) is 1. The van der Waals surface area contributed by atoms with Crippen molar-refractivity contribution in [3.8, 4) is 0 Å². The quantitative estimate of drug-likeness (QED) is 0.793. The molecule has 2 aliphatic rings. The minimum Gasteiger partial charge on any atom is -0.341 e. The fourth-order valence-corrected chi connectivity index (χ4v) is 3.04. The van der Waals surface area contributed by atoms with Crippen molar-refractivity contribution in [1.82, 2.24) is 9.80 Å². The van der Waals surface area contributed by atoms with Crippen molar-refractivity contribution >= 4 is 5.91 Å². The van der Waals surface area contributed by atoms with E-state index in [4.69, 9.17) is 5.73 Å². The molecule has 0 aromatic rings. The molecule has 3 unspecified atom stereocenters. The number of carbonyl (C=O) groups excluding carboxylic acids is 1. The zero-order valence-electron chi connectivity index (χ0n) is 11.1. The van der Waals surface area contributed by atoms with Crippen LogP contribution in [0.5, 0.6) is 0 Å². The van der Waals surface area contributed by atoms with E-state index in [9.17, 15) is 4.79 Å². The first-order valence-electron chi connectivity index (χ1n) is 6.83. The van der Waals surface area contributed by atoms with E-state index in [1.54, 1.807) is 0 Å². The molecule has 1 amide bonds. The van der Waals surface area contributed by atoms with Crippen molar-refractivity contribution in [1.29, 1.82) is 0 Å². The maximum absolute atomic E-state index is 12.1. The predicted molar refractivity (Wildman–Crippen MR) is 68.7 cm³/mol. The number of rotatable bonds is 3. The van der Waals surface area contributed by atoms with Gasteiger partial charge in [-0.25, -0.2) is 0 Å². The van der Waals surface area contributed by atoms with Gasteiger partial charge in [-0.3, -0.25) is 9.69 Å². The van der Waals surface area contributed by atoms with Crippen LogP contribution in [0.1, 0.15) is 39.0 Å². The highest BCUT2D eigenvalue weighted by Gasteiger charge is 2.35. The van der Waals surface area contributed by atoms with E-state index >= 15 is 0 Å². The van der Waals surface area contributed by atoms with Crippen molar-refractivity contribution in [3.05, 3.63) is 0 Å². The molecule has 0 aliphatic carbocycles. The standard InChI is InChI=1S/C13H25N3O/c1-10(14)3-6-13(17)16-8-7-11-4-5-12(9-16)15(11)2/h10-12H,3-9,14H2,1-2H3. The molecule has 98 valence electrons. The van der Waals surface area contributed by atoms with E-state index in [1.807, 2.05) is 6.92 Å². The molecule has 0 spiro atoms. The van der Waals surface area contributed by atoms with Crippen LogP contribution in [0.4, 0.5) is 0 Å². The Labute approximate surface area is 104 Å². The lowest BCUT2D eigenvalue weighted by Crippen LogP contribution is -2.40. The van der Waals surface area contributed by atoms with Crippen molar-refractivity contribution in [2.24, 2.45) is 5.73 Å². The van der Waals surface area contributed by atoms with Crippen LogP contribution in [-0.4, -0.2) is 54.0 Å². The molecule has 2 saturated heterocycles. The van der Waals surface area contributed by atoms with E-state index in [2.05, 4.69) is 16.8 Å². The fraction of sp³-hybridized carbons (Fsp3) is 0.923. The van der Waals surface area contributed by atoms with Gasteiger partial charge in [0, 0.05) is 37.6 Å². The summed E-state index contributed by atoms with van der Waals surface area (Å²) >= 11 is 0. The SMILES string of the molecule is CC(N)CCC(=O)N1CCC2CCC(C1)N2C. The summed E-state index contributed by atoms with van der Waals surface area (Å²) in [6, 6.07) is 1.41. The smallest absolute Gasteiger partial charge is 0.222 e. The summed E-state index contributed by atoms with van der Waals surface area (Å²) in [5, 5.41) is 0. The zero-order chi connectivity index (χ0) is 12.4. The molecule has 2 rings (SSSR count). The highest BCUT2D eigenvalue weighted by atomic mass is 16.2. The molecule has 2 heterocycles. The highest BCUT2D eigenvalue weighted by Crippen LogP contribution is 2.28. The summed E-state index contributed by atoms with van der Waals surface area (Å²) in [6.45, 7) is 3.82. The van der Waals surface area contributed by atoms with Crippen molar-refractivity contribution in [2.45, 2.75) is 57.2 Å². The number of carbonyl (C=O) groups is 1. The Bertz CT molecular complexity index is 280. The minimum absolute atomic E-state index is 0.130. The van der Waals surface area contributed by atoms with Gasteiger partial charge >= 0.3 is 0 Å². The first-order chi connectivity index (χ1) is 8.08. The monoisotopic (exact) mass is 239 g/mol. The number of likely N-dealkylation sites (N-methyl/N-ethyl adjacent to an activating group) is 1. The number of hydrogen-bond donors (Lipinski definition) is 1. The number of likely N-dealkylation sites (tertiary alicyclic amines) is 1. The Morgan fingerprint density at radius 1 is 1.35 bits per heavy atom. The van der Waals surface area contributed by atoms with Crippen molar-refractivity contribution in [3.63, 3.8) is 0 Å². The number of nitrogens with zero attached hydrogens (tertiary/aromatic N) is 2. The first-order valence-corrected chi connectivity index (χ1v) is 6.83. The second-order valence-corrected chi connectivity index (χ2v) is 5.69. The molecule has 2 fully saturated rings. The van der Waals surface area contributed by atoms with Crippen molar-refractivity contribution in [2.75, 3.05) is 20.1 Å². The van der Waals surface area contributed by atoms with Crippen LogP contribution in [0, 0.1) is 0 Å². The average Bonchev–Trinajstić information content (AvgIpc) is 2.50. The molecule has 2 N–H and O–H groups in total. The minimum atomic E-state index is 0.130. The van der Waals surface area contributed by atoms with Gasteiger partial charge in [0.05, 0.1) is 0 Å². The van der Waals surface area contributed by atoms with E-state index in [-0.39, 0.29) is 6.04 Å². The van der Waals surface area contributed by atoms with E-state index in [0.29, 0.717) is 24.4 Å². The summed E-state index contributed by atoms with van der Waals surface area (Å²) in [5.74, 6) is 0.295. The van der Waals surface area contributed by atoms with Gasteiger partial charge in [0.25, 0.3) is 0 Å². The molecular weight excluding hydrogens is 214 g/mol.